The molecular weight excluding hydrogens is 508 g/mol. The largest absolute Gasteiger partial charge is 0.508 e. The third kappa shape index (κ3) is 5.93. The molecule has 0 bridgehead atoms. The van der Waals surface area contributed by atoms with Crippen molar-refractivity contribution in [1.29, 1.82) is 0 Å². The first-order valence-electron chi connectivity index (χ1n) is 11.4. The lowest BCUT2D eigenvalue weighted by atomic mass is 9.99. The van der Waals surface area contributed by atoms with Gasteiger partial charge in [-0.15, -0.1) is 0 Å². The average Bonchev–Trinajstić information content (AvgIpc) is 2.88. The number of carbonyl (C=O) groups excluding carboxylic acids is 1. The second-order valence-electron chi connectivity index (χ2n) is 8.59. The third-order valence-corrected chi connectivity index (χ3v) is 5.79. The van der Waals surface area contributed by atoms with Gasteiger partial charge in [-0.1, -0.05) is 0 Å². The lowest BCUT2D eigenvalue weighted by Crippen LogP contribution is -2.60. The third-order valence-electron chi connectivity index (χ3n) is 5.79. The van der Waals surface area contributed by atoms with E-state index < -0.39 is 61.8 Å². The Morgan fingerprint density at radius 3 is 2.32 bits per heavy atom. The Hall–Kier alpha value is -4.01. The molecule has 0 saturated carbocycles. The number of esters is 1. The monoisotopic (exact) mass is 533 g/mol. The minimum absolute atomic E-state index is 0.0105. The van der Waals surface area contributed by atoms with Crippen molar-refractivity contribution in [3.05, 3.63) is 48.5 Å². The van der Waals surface area contributed by atoms with E-state index in [-0.39, 0.29) is 28.6 Å². The van der Waals surface area contributed by atoms with Gasteiger partial charge in [-0.25, -0.2) is 9.21 Å². The van der Waals surface area contributed by atoms with Crippen molar-refractivity contribution < 1.29 is 64.0 Å². The minimum Gasteiger partial charge on any atom is -0.508 e. The van der Waals surface area contributed by atoms with E-state index in [0.717, 1.165) is 0 Å². The summed E-state index contributed by atoms with van der Waals surface area (Å²) in [5, 5.41) is 69.4. The summed E-state index contributed by atoms with van der Waals surface area (Å²) >= 11 is 0. The topological polar surface area (TPSA) is 215 Å². The predicted octanol–water partition coefficient (Wildman–Crippen LogP) is 0.357. The van der Waals surface area contributed by atoms with Gasteiger partial charge in [-0.2, -0.15) is 0 Å². The molecule has 0 aliphatic carbocycles. The molecule has 1 unspecified atom stereocenters. The van der Waals surface area contributed by atoms with E-state index in [4.69, 9.17) is 23.7 Å². The van der Waals surface area contributed by atoms with Crippen molar-refractivity contribution in [2.24, 2.45) is 0 Å². The summed E-state index contributed by atoms with van der Waals surface area (Å²) < 4.78 is 22.2. The molecule has 1 fully saturated rings. The Morgan fingerprint density at radius 1 is 0.947 bits per heavy atom. The zero-order valence-electron chi connectivity index (χ0n) is 19.6. The van der Waals surface area contributed by atoms with Crippen LogP contribution in [0.25, 0.3) is 22.3 Å². The van der Waals surface area contributed by atoms with Gasteiger partial charge in [0.2, 0.25) is 12.0 Å². The SMILES string of the molecule is O=C(O)CC(O)C(=O)OC[C@H]1O[C@@H](Oc2cc3ccc(O)cc3[o+]c2-c2ccc(O)cc2)[C@H](O)[C@@H](O)[C@@H]1O. The number of ether oxygens (including phenoxy) is 3. The van der Waals surface area contributed by atoms with Crippen LogP contribution >= 0.6 is 0 Å². The number of phenols is 2. The van der Waals surface area contributed by atoms with E-state index in [0.29, 0.717) is 10.9 Å². The van der Waals surface area contributed by atoms with Gasteiger partial charge in [0, 0.05) is 6.07 Å². The molecule has 3 aromatic rings. The van der Waals surface area contributed by atoms with Crippen LogP contribution in [0.4, 0.5) is 0 Å². The van der Waals surface area contributed by atoms with Crippen molar-refractivity contribution in [1.82, 2.24) is 0 Å². The normalized spacial score (nSPS) is 24.1. The number of phenolic OH excluding ortho intramolecular Hbond substituents is 2. The van der Waals surface area contributed by atoms with Crippen LogP contribution in [0.2, 0.25) is 0 Å². The fourth-order valence-corrected chi connectivity index (χ4v) is 3.79. The van der Waals surface area contributed by atoms with Crippen molar-refractivity contribution in [3.8, 4) is 28.6 Å². The van der Waals surface area contributed by atoms with Crippen LogP contribution in [0.3, 0.4) is 0 Å². The number of hydrogen-bond acceptors (Lipinski definition) is 11. The number of hydrogen-bond donors (Lipinski definition) is 7. The summed E-state index contributed by atoms with van der Waals surface area (Å²) in [4.78, 5) is 22.5. The number of aliphatic hydroxyl groups excluding tert-OH is 4. The van der Waals surface area contributed by atoms with Crippen LogP contribution in [0.5, 0.6) is 17.2 Å². The van der Waals surface area contributed by atoms with Gasteiger partial charge in [0.15, 0.2) is 6.10 Å². The van der Waals surface area contributed by atoms with Gasteiger partial charge in [0.1, 0.15) is 42.5 Å². The molecule has 2 heterocycles. The maximum Gasteiger partial charge on any atom is 0.402 e. The zero-order chi connectivity index (χ0) is 27.6. The Morgan fingerprint density at radius 2 is 1.63 bits per heavy atom. The molecule has 4 rings (SSSR count). The van der Waals surface area contributed by atoms with Crippen LogP contribution in [0.15, 0.2) is 52.9 Å². The van der Waals surface area contributed by atoms with Gasteiger partial charge < -0.3 is 50.0 Å². The van der Waals surface area contributed by atoms with Gasteiger partial charge in [-0.3, -0.25) is 4.79 Å². The summed E-state index contributed by atoms with van der Waals surface area (Å²) in [6.07, 6.45) is -11.2. The summed E-state index contributed by atoms with van der Waals surface area (Å²) in [7, 11) is 0. The van der Waals surface area contributed by atoms with E-state index in [1.807, 2.05) is 0 Å². The minimum atomic E-state index is -1.96. The molecule has 6 atom stereocenters. The highest BCUT2D eigenvalue weighted by molar-refractivity contribution is 5.83. The number of aromatic hydroxyl groups is 2. The second-order valence-corrected chi connectivity index (χ2v) is 8.59. The number of aliphatic hydroxyl groups is 4. The Labute approximate surface area is 214 Å². The lowest BCUT2D eigenvalue weighted by molar-refractivity contribution is -0.279. The highest BCUT2D eigenvalue weighted by atomic mass is 16.7. The molecule has 2 aromatic carbocycles. The van der Waals surface area contributed by atoms with Crippen LogP contribution in [-0.2, 0) is 19.1 Å². The number of carboxylic acid groups (broad SMARTS) is 1. The Bertz CT molecular complexity index is 1310. The van der Waals surface area contributed by atoms with E-state index >= 15 is 0 Å². The Kier molecular flexibility index (Phi) is 7.94. The molecule has 0 radical (unpaired) electrons. The fraction of sp³-hybridized carbons (Fsp3) is 0.320. The van der Waals surface area contributed by atoms with E-state index in [2.05, 4.69) is 0 Å². The maximum absolute atomic E-state index is 11.9. The molecule has 1 aliphatic heterocycles. The van der Waals surface area contributed by atoms with Crippen LogP contribution in [0, 0.1) is 0 Å². The molecule has 13 nitrogen and oxygen atoms in total. The first-order valence-corrected chi connectivity index (χ1v) is 11.4. The molecule has 0 amide bonds. The summed E-state index contributed by atoms with van der Waals surface area (Å²) in [6, 6.07) is 11.7. The van der Waals surface area contributed by atoms with Crippen LogP contribution < -0.4 is 4.74 Å². The van der Waals surface area contributed by atoms with Gasteiger partial charge in [0.25, 0.3) is 0 Å². The molecule has 0 spiro atoms. The second kappa shape index (κ2) is 11.2. The number of benzene rings is 2. The molecule has 1 saturated heterocycles. The average molecular weight is 533 g/mol. The van der Waals surface area contributed by atoms with E-state index in [9.17, 15) is 40.2 Å². The zero-order valence-corrected chi connectivity index (χ0v) is 19.6. The molecule has 38 heavy (non-hydrogen) atoms. The van der Waals surface area contributed by atoms with Gasteiger partial charge in [-0.05, 0) is 36.4 Å². The number of aliphatic carboxylic acids is 1. The van der Waals surface area contributed by atoms with Crippen LogP contribution in [0.1, 0.15) is 6.42 Å². The summed E-state index contributed by atoms with van der Waals surface area (Å²) in [6.45, 7) is -0.702. The van der Waals surface area contributed by atoms with Gasteiger partial charge >= 0.3 is 23.3 Å². The summed E-state index contributed by atoms with van der Waals surface area (Å²) in [5.41, 5.74) is 0.720. The predicted molar refractivity (Wildman–Crippen MR) is 126 cm³/mol. The highest BCUT2D eigenvalue weighted by Crippen LogP contribution is 2.38. The van der Waals surface area contributed by atoms with Crippen molar-refractivity contribution in [2.75, 3.05) is 6.61 Å². The number of carbonyl (C=O) groups is 2. The maximum atomic E-state index is 11.9. The van der Waals surface area contributed by atoms with E-state index in [1.54, 1.807) is 6.07 Å². The smallest absolute Gasteiger partial charge is 0.402 e. The molecule has 7 N–H and O–H groups in total. The van der Waals surface area contributed by atoms with Crippen molar-refractivity contribution >= 4 is 22.9 Å². The quantitative estimate of drug-likeness (QED) is 0.154. The molecule has 13 heteroatoms. The first-order chi connectivity index (χ1) is 18.0. The summed E-state index contributed by atoms with van der Waals surface area (Å²) in [5.74, 6) is -2.65. The van der Waals surface area contributed by atoms with Gasteiger partial charge in [0.05, 0.1) is 23.4 Å². The first kappa shape index (κ1) is 27.0. The fourth-order valence-electron chi connectivity index (χ4n) is 3.79. The van der Waals surface area contributed by atoms with Crippen molar-refractivity contribution in [3.63, 3.8) is 0 Å². The highest BCUT2D eigenvalue weighted by Gasteiger charge is 2.46. The molecule has 202 valence electrons. The molecule has 1 aliphatic rings. The van der Waals surface area contributed by atoms with Crippen LogP contribution in [-0.4, -0.2) is 91.1 Å². The Balaban J connectivity index is 1.60. The molecule has 1 aromatic heterocycles. The number of carboxylic acids is 1. The number of fused-ring (bicyclic) bond motifs is 1. The standard InChI is InChI=1S/C25H24O13/c26-13-4-1-11(2-5-13)23-17(7-12-3-6-14(27)8-16(12)36-23)37-25-22(33)21(32)20(31)18(38-25)10-35-24(34)15(28)9-19(29)30/h1-8,15,18,20-22,25,28,31-33H,9-10H2,(H2-,26,27,29,30)/p+1/t15?,18-,20-,21+,22-,25-/m1/s1. The molecular formula is C25H25O13+. The lowest BCUT2D eigenvalue weighted by Gasteiger charge is -2.39. The van der Waals surface area contributed by atoms with E-state index in [1.165, 1.54) is 42.5 Å². The number of rotatable bonds is 8. The van der Waals surface area contributed by atoms with Crippen molar-refractivity contribution in [2.45, 2.75) is 43.2 Å².